The van der Waals surface area contributed by atoms with Crippen LogP contribution in [0.4, 0.5) is 0 Å². The first-order valence-corrected chi connectivity index (χ1v) is 7.41. The van der Waals surface area contributed by atoms with Crippen LogP contribution in [0, 0.1) is 0 Å². The van der Waals surface area contributed by atoms with Crippen molar-refractivity contribution in [2.45, 2.75) is 13.3 Å². The third-order valence-corrected chi connectivity index (χ3v) is 4.05. The van der Waals surface area contributed by atoms with Crippen LogP contribution in [0.25, 0.3) is 0 Å². The Bertz CT molecular complexity index is 216. The summed E-state index contributed by atoms with van der Waals surface area (Å²) < 4.78 is 22.2. The SMILES string of the molecule is CCS(=O)(=O)CCCN(C)CCBr. The highest BCUT2D eigenvalue weighted by Gasteiger charge is 2.07. The first-order valence-electron chi connectivity index (χ1n) is 4.46. The molecule has 0 spiro atoms. The Kier molecular flexibility index (Phi) is 6.99. The molecule has 0 aliphatic heterocycles. The topological polar surface area (TPSA) is 37.4 Å². The summed E-state index contributed by atoms with van der Waals surface area (Å²) in [4.78, 5) is 2.12. The van der Waals surface area contributed by atoms with Crippen molar-refractivity contribution in [3.63, 3.8) is 0 Å². The largest absolute Gasteiger partial charge is 0.306 e. The molecule has 0 aliphatic carbocycles. The zero-order chi connectivity index (χ0) is 10.3. The first-order chi connectivity index (χ1) is 6.02. The molecule has 0 amide bonds. The van der Waals surface area contributed by atoms with Gasteiger partial charge in [0, 0.05) is 17.6 Å². The maximum atomic E-state index is 11.1. The van der Waals surface area contributed by atoms with Gasteiger partial charge < -0.3 is 4.90 Å². The number of hydrogen-bond acceptors (Lipinski definition) is 3. The molecule has 0 rings (SSSR count). The number of hydrogen-bond donors (Lipinski definition) is 0. The molecular formula is C8H18BrNO2S. The van der Waals surface area contributed by atoms with Gasteiger partial charge in [-0.2, -0.15) is 0 Å². The summed E-state index contributed by atoms with van der Waals surface area (Å²) in [5.74, 6) is 0.575. The Labute approximate surface area is 89.5 Å². The molecule has 0 unspecified atom stereocenters. The summed E-state index contributed by atoms with van der Waals surface area (Å²) in [5, 5.41) is 0.935. The molecule has 5 heteroatoms. The van der Waals surface area contributed by atoms with Crippen LogP contribution in [0.5, 0.6) is 0 Å². The molecule has 0 aromatic heterocycles. The molecule has 0 radical (unpaired) electrons. The molecular weight excluding hydrogens is 254 g/mol. The lowest BCUT2D eigenvalue weighted by atomic mass is 10.4. The summed E-state index contributed by atoms with van der Waals surface area (Å²) in [7, 11) is -0.769. The van der Waals surface area contributed by atoms with Crippen molar-refractivity contribution < 1.29 is 8.42 Å². The number of sulfone groups is 1. The number of rotatable bonds is 7. The Morgan fingerprint density at radius 3 is 2.38 bits per heavy atom. The van der Waals surface area contributed by atoms with Crippen LogP contribution in [0.15, 0.2) is 0 Å². The zero-order valence-electron chi connectivity index (χ0n) is 8.29. The van der Waals surface area contributed by atoms with Crippen molar-refractivity contribution in [1.82, 2.24) is 4.90 Å². The summed E-state index contributed by atoms with van der Waals surface area (Å²) in [6.45, 7) is 3.51. The lowest BCUT2D eigenvalue weighted by Crippen LogP contribution is -2.24. The second-order valence-corrected chi connectivity index (χ2v) is 6.35. The van der Waals surface area contributed by atoms with E-state index in [-0.39, 0.29) is 5.75 Å². The van der Waals surface area contributed by atoms with E-state index in [4.69, 9.17) is 0 Å². The smallest absolute Gasteiger partial charge is 0.150 e. The van der Waals surface area contributed by atoms with Gasteiger partial charge in [-0.25, -0.2) is 8.42 Å². The fourth-order valence-corrected chi connectivity index (χ4v) is 2.42. The van der Waals surface area contributed by atoms with E-state index in [9.17, 15) is 8.42 Å². The van der Waals surface area contributed by atoms with E-state index in [1.165, 1.54) is 0 Å². The van der Waals surface area contributed by atoms with Crippen LogP contribution >= 0.6 is 15.9 Å². The lowest BCUT2D eigenvalue weighted by Gasteiger charge is -2.14. The van der Waals surface area contributed by atoms with E-state index in [0.29, 0.717) is 5.75 Å². The Hall–Kier alpha value is 0.390. The molecule has 0 atom stereocenters. The van der Waals surface area contributed by atoms with Crippen LogP contribution in [-0.2, 0) is 9.84 Å². The summed E-state index contributed by atoms with van der Waals surface area (Å²) >= 11 is 3.34. The van der Waals surface area contributed by atoms with Gasteiger partial charge in [-0.05, 0) is 20.0 Å². The predicted molar refractivity (Wildman–Crippen MR) is 60.2 cm³/mol. The molecule has 3 nitrogen and oxygen atoms in total. The van der Waals surface area contributed by atoms with Gasteiger partial charge >= 0.3 is 0 Å². The van der Waals surface area contributed by atoms with Gasteiger partial charge in [0.05, 0.1) is 5.75 Å². The second-order valence-electron chi connectivity index (χ2n) is 3.08. The van der Waals surface area contributed by atoms with E-state index >= 15 is 0 Å². The quantitative estimate of drug-likeness (QED) is 0.652. The molecule has 0 saturated heterocycles. The highest BCUT2D eigenvalue weighted by Crippen LogP contribution is 1.96. The second kappa shape index (κ2) is 6.79. The maximum Gasteiger partial charge on any atom is 0.150 e. The molecule has 0 saturated carbocycles. The van der Waals surface area contributed by atoms with Crippen LogP contribution in [0.2, 0.25) is 0 Å². The van der Waals surface area contributed by atoms with Crippen molar-refractivity contribution in [3.05, 3.63) is 0 Å². The minimum Gasteiger partial charge on any atom is -0.306 e. The summed E-state index contributed by atoms with van der Waals surface area (Å²) in [6.07, 6.45) is 0.736. The Morgan fingerprint density at radius 2 is 1.92 bits per heavy atom. The van der Waals surface area contributed by atoms with E-state index in [1.807, 2.05) is 7.05 Å². The zero-order valence-corrected chi connectivity index (χ0v) is 10.7. The van der Waals surface area contributed by atoms with Crippen molar-refractivity contribution in [3.8, 4) is 0 Å². The van der Waals surface area contributed by atoms with Gasteiger partial charge in [-0.3, -0.25) is 0 Å². The fraction of sp³-hybridized carbons (Fsp3) is 1.00. The minimum absolute atomic E-state index is 0.259. The van der Waals surface area contributed by atoms with Gasteiger partial charge in [0.1, 0.15) is 9.84 Å². The molecule has 0 N–H and O–H groups in total. The van der Waals surface area contributed by atoms with Crippen LogP contribution in [0.3, 0.4) is 0 Å². The Morgan fingerprint density at radius 1 is 1.31 bits per heavy atom. The van der Waals surface area contributed by atoms with Gasteiger partial charge in [-0.1, -0.05) is 22.9 Å². The molecule has 80 valence electrons. The Balaban J connectivity index is 3.56. The van der Waals surface area contributed by atoms with Crippen molar-refractivity contribution >= 4 is 25.8 Å². The first kappa shape index (κ1) is 13.4. The summed E-state index contributed by atoms with van der Waals surface area (Å²) in [6, 6.07) is 0. The third kappa shape index (κ3) is 7.46. The number of halogens is 1. The molecule has 0 aliphatic rings. The summed E-state index contributed by atoms with van der Waals surface area (Å²) in [5.41, 5.74) is 0. The standard InChI is InChI=1S/C8H18BrNO2S/c1-3-13(11,12)8-4-6-10(2)7-5-9/h3-8H2,1-2H3. The van der Waals surface area contributed by atoms with Crippen LogP contribution in [0.1, 0.15) is 13.3 Å². The van der Waals surface area contributed by atoms with Crippen molar-refractivity contribution in [2.75, 3.05) is 37.0 Å². The number of nitrogens with zero attached hydrogens (tertiary/aromatic N) is 1. The highest BCUT2D eigenvalue weighted by molar-refractivity contribution is 9.09. The van der Waals surface area contributed by atoms with Crippen molar-refractivity contribution in [1.29, 1.82) is 0 Å². The van der Waals surface area contributed by atoms with E-state index in [2.05, 4.69) is 20.8 Å². The normalized spacial score (nSPS) is 12.3. The van der Waals surface area contributed by atoms with Gasteiger partial charge in [0.15, 0.2) is 0 Å². The highest BCUT2D eigenvalue weighted by atomic mass is 79.9. The van der Waals surface area contributed by atoms with E-state index < -0.39 is 9.84 Å². The minimum atomic E-state index is -2.77. The molecule has 0 aromatic rings. The van der Waals surface area contributed by atoms with Gasteiger partial charge in [0.2, 0.25) is 0 Å². The average Bonchev–Trinajstić information content (AvgIpc) is 2.05. The molecule has 0 aromatic carbocycles. The van der Waals surface area contributed by atoms with E-state index in [1.54, 1.807) is 6.92 Å². The lowest BCUT2D eigenvalue weighted by molar-refractivity contribution is 0.357. The molecule has 13 heavy (non-hydrogen) atoms. The average molecular weight is 272 g/mol. The third-order valence-electron chi connectivity index (χ3n) is 1.90. The molecule has 0 bridgehead atoms. The maximum absolute atomic E-state index is 11.1. The van der Waals surface area contributed by atoms with Crippen LogP contribution in [-0.4, -0.2) is 50.3 Å². The van der Waals surface area contributed by atoms with Gasteiger partial charge in [0.25, 0.3) is 0 Å². The van der Waals surface area contributed by atoms with E-state index in [0.717, 1.165) is 24.8 Å². The predicted octanol–water partition coefficient (Wildman–Crippen LogP) is 1.14. The van der Waals surface area contributed by atoms with Crippen molar-refractivity contribution in [2.24, 2.45) is 0 Å². The molecule has 0 heterocycles. The van der Waals surface area contributed by atoms with Gasteiger partial charge in [-0.15, -0.1) is 0 Å². The fourth-order valence-electron chi connectivity index (χ4n) is 0.955. The van der Waals surface area contributed by atoms with Crippen LogP contribution < -0.4 is 0 Å². The number of alkyl halides is 1. The monoisotopic (exact) mass is 271 g/mol. The molecule has 0 fully saturated rings.